The Hall–Kier alpha value is -3.22. The van der Waals surface area contributed by atoms with Gasteiger partial charge in [-0.3, -0.25) is 4.79 Å². The van der Waals surface area contributed by atoms with Gasteiger partial charge >= 0.3 is 0 Å². The standard InChI is InChI=1S/C21H19F2N3O2/c22-15-5-4-6-16(23)17(15)21-25-18(20(24)27)19(28-21)13-7-9-14(10-8-13)26-11-2-1-3-12-26/h4-10H,1-3,11-12H2,(H2,24,27). The Bertz CT molecular complexity index is 989. The largest absolute Gasteiger partial charge is 0.435 e. The van der Waals surface area contributed by atoms with Crippen LogP contribution in [0.1, 0.15) is 29.8 Å². The van der Waals surface area contributed by atoms with Crippen LogP contribution in [0.2, 0.25) is 0 Å². The molecule has 0 aliphatic carbocycles. The van der Waals surface area contributed by atoms with Crippen molar-refractivity contribution in [3.63, 3.8) is 0 Å². The molecule has 1 aromatic heterocycles. The average Bonchev–Trinajstić information content (AvgIpc) is 3.14. The molecule has 5 nitrogen and oxygen atoms in total. The van der Waals surface area contributed by atoms with Gasteiger partial charge in [-0.1, -0.05) is 6.07 Å². The molecule has 1 aliphatic rings. The second-order valence-electron chi connectivity index (χ2n) is 6.75. The molecule has 1 fully saturated rings. The summed E-state index contributed by atoms with van der Waals surface area (Å²) in [6, 6.07) is 10.9. The number of nitrogens with two attached hydrogens (primary N) is 1. The predicted octanol–water partition coefficient (Wildman–Crippen LogP) is 4.38. The number of benzene rings is 2. The lowest BCUT2D eigenvalue weighted by atomic mass is 10.1. The predicted molar refractivity (Wildman–Crippen MR) is 102 cm³/mol. The first-order valence-corrected chi connectivity index (χ1v) is 9.15. The van der Waals surface area contributed by atoms with Crippen molar-refractivity contribution >= 4 is 11.6 Å². The fourth-order valence-electron chi connectivity index (χ4n) is 3.47. The first-order chi connectivity index (χ1) is 13.5. The molecule has 0 spiro atoms. The minimum Gasteiger partial charge on any atom is -0.435 e. The van der Waals surface area contributed by atoms with Gasteiger partial charge in [-0.2, -0.15) is 0 Å². The van der Waals surface area contributed by atoms with Crippen LogP contribution in [0.4, 0.5) is 14.5 Å². The Morgan fingerprint density at radius 2 is 1.64 bits per heavy atom. The van der Waals surface area contributed by atoms with E-state index in [1.54, 1.807) is 12.1 Å². The van der Waals surface area contributed by atoms with E-state index in [-0.39, 0.29) is 17.3 Å². The van der Waals surface area contributed by atoms with Gasteiger partial charge in [0.25, 0.3) is 5.91 Å². The Kier molecular flexibility index (Phi) is 4.81. The van der Waals surface area contributed by atoms with Crippen molar-refractivity contribution in [2.75, 3.05) is 18.0 Å². The smallest absolute Gasteiger partial charge is 0.271 e. The third kappa shape index (κ3) is 3.35. The molecule has 2 aromatic carbocycles. The summed E-state index contributed by atoms with van der Waals surface area (Å²) in [5.41, 5.74) is 6.45. The number of oxazole rings is 1. The summed E-state index contributed by atoms with van der Waals surface area (Å²) in [7, 11) is 0. The minimum atomic E-state index is -0.832. The highest BCUT2D eigenvalue weighted by Gasteiger charge is 2.24. The minimum absolute atomic E-state index is 0.0929. The number of halogens is 2. The highest BCUT2D eigenvalue weighted by Crippen LogP contribution is 2.33. The normalized spacial score (nSPS) is 14.3. The number of primary amides is 1. The number of nitrogens with zero attached hydrogens (tertiary/aromatic N) is 2. The van der Waals surface area contributed by atoms with E-state index in [2.05, 4.69) is 9.88 Å². The van der Waals surface area contributed by atoms with Crippen molar-refractivity contribution in [2.24, 2.45) is 5.73 Å². The van der Waals surface area contributed by atoms with Crippen LogP contribution in [0.3, 0.4) is 0 Å². The first kappa shape index (κ1) is 18.2. The maximum absolute atomic E-state index is 14.1. The highest BCUT2D eigenvalue weighted by atomic mass is 19.1. The van der Waals surface area contributed by atoms with Gasteiger partial charge in [0, 0.05) is 24.3 Å². The maximum atomic E-state index is 14.1. The third-order valence-electron chi connectivity index (χ3n) is 4.89. The molecule has 0 saturated carbocycles. The molecule has 0 atom stereocenters. The molecular weight excluding hydrogens is 364 g/mol. The van der Waals surface area contributed by atoms with Crippen molar-refractivity contribution in [1.29, 1.82) is 0 Å². The molecule has 0 unspecified atom stereocenters. The van der Waals surface area contributed by atoms with Gasteiger partial charge in [-0.15, -0.1) is 0 Å². The molecule has 0 radical (unpaired) electrons. The zero-order valence-electron chi connectivity index (χ0n) is 15.1. The second kappa shape index (κ2) is 7.42. The van der Waals surface area contributed by atoms with E-state index >= 15 is 0 Å². The molecular formula is C21H19F2N3O2. The summed E-state index contributed by atoms with van der Waals surface area (Å²) < 4.78 is 33.7. The molecule has 3 aromatic rings. The number of rotatable bonds is 4. The number of hydrogen-bond donors (Lipinski definition) is 1. The molecule has 2 N–H and O–H groups in total. The van der Waals surface area contributed by atoms with E-state index in [9.17, 15) is 13.6 Å². The number of hydrogen-bond acceptors (Lipinski definition) is 4. The van der Waals surface area contributed by atoms with E-state index in [1.807, 2.05) is 12.1 Å². The van der Waals surface area contributed by atoms with Crippen LogP contribution < -0.4 is 10.6 Å². The number of amides is 1. The van der Waals surface area contributed by atoms with Gasteiger partial charge in [0.2, 0.25) is 5.89 Å². The molecule has 1 aliphatic heterocycles. The maximum Gasteiger partial charge on any atom is 0.271 e. The lowest BCUT2D eigenvalue weighted by Crippen LogP contribution is -2.29. The summed E-state index contributed by atoms with van der Waals surface area (Å²) in [5.74, 6) is -2.72. The van der Waals surface area contributed by atoms with E-state index in [0.717, 1.165) is 43.8 Å². The Labute approximate surface area is 160 Å². The molecule has 144 valence electrons. The second-order valence-corrected chi connectivity index (χ2v) is 6.75. The topological polar surface area (TPSA) is 72.4 Å². The summed E-state index contributed by atoms with van der Waals surface area (Å²) in [6.07, 6.45) is 3.56. The lowest BCUT2D eigenvalue weighted by molar-refractivity contribution is 0.0996. The SMILES string of the molecule is NC(=O)c1nc(-c2c(F)cccc2F)oc1-c1ccc(N2CCCCC2)cc1. The van der Waals surface area contributed by atoms with Gasteiger partial charge in [0.1, 0.15) is 17.2 Å². The zero-order chi connectivity index (χ0) is 19.7. The number of piperidine rings is 1. The number of aromatic nitrogens is 1. The molecule has 1 saturated heterocycles. The fourth-order valence-corrected chi connectivity index (χ4v) is 3.47. The lowest BCUT2D eigenvalue weighted by Gasteiger charge is -2.28. The van der Waals surface area contributed by atoms with Gasteiger partial charge in [-0.05, 0) is 55.7 Å². The van der Waals surface area contributed by atoms with Crippen LogP contribution in [0, 0.1) is 11.6 Å². The number of anilines is 1. The van der Waals surface area contributed by atoms with Crippen LogP contribution in [-0.4, -0.2) is 24.0 Å². The van der Waals surface area contributed by atoms with Crippen molar-refractivity contribution in [1.82, 2.24) is 4.98 Å². The summed E-state index contributed by atoms with van der Waals surface area (Å²) in [6.45, 7) is 2.01. The average molecular weight is 383 g/mol. The number of carbonyl (C=O) groups is 1. The van der Waals surface area contributed by atoms with Crippen LogP contribution in [0.25, 0.3) is 22.8 Å². The van der Waals surface area contributed by atoms with Crippen LogP contribution in [0.15, 0.2) is 46.9 Å². The van der Waals surface area contributed by atoms with Gasteiger partial charge in [-0.25, -0.2) is 13.8 Å². The molecule has 4 rings (SSSR count). The Balaban J connectivity index is 1.73. The van der Waals surface area contributed by atoms with Gasteiger partial charge in [0.05, 0.1) is 0 Å². The van der Waals surface area contributed by atoms with Crippen LogP contribution in [0.5, 0.6) is 0 Å². The van der Waals surface area contributed by atoms with E-state index < -0.39 is 23.1 Å². The molecule has 7 heteroatoms. The zero-order valence-corrected chi connectivity index (χ0v) is 15.1. The summed E-state index contributed by atoms with van der Waals surface area (Å²) in [4.78, 5) is 18.1. The van der Waals surface area contributed by atoms with E-state index in [0.29, 0.717) is 5.56 Å². The van der Waals surface area contributed by atoms with Crippen molar-refractivity contribution < 1.29 is 18.0 Å². The van der Waals surface area contributed by atoms with Gasteiger partial charge in [0.15, 0.2) is 11.5 Å². The monoisotopic (exact) mass is 383 g/mol. The Morgan fingerprint density at radius 1 is 1.00 bits per heavy atom. The molecule has 28 heavy (non-hydrogen) atoms. The van der Waals surface area contributed by atoms with E-state index in [1.165, 1.54) is 12.5 Å². The van der Waals surface area contributed by atoms with Gasteiger partial charge < -0.3 is 15.1 Å². The van der Waals surface area contributed by atoms with Crippen LogP contribution in [-0.2, 0) is 0 Å². The van der Waals surface area contributed by atoms with Crippen LogP contribution >= 0.6 is 0 Å². The molecule has 0 bridgehead atoms. The van der Waals surface area contributed by atoms with Crippen molar-refractivity contribution in [3.05, 3.63) is 59.8 Å². The Morgan fingerprint density at radius 3 is 2.25 bits per heavy atom. The third-order valence-corrected chi connectivity index (χ3v) is 4.89. The first-order valence-electron chi connectivity index (χ1n) is 9.15. The molecule has 1 amide bonds. The highest BCUT2D eigenvalue weighted by molar-refractivity contribution is 5.97. The number of carbonyl (C=O) groups excluding carboxylic acids is 1. The molecule has 2 heterocycles. The van der Waals surface area contributed by atoms with Crippen molar-refractivity contribution in [3.8, 4) is 22.8 Å². The summed E-state index contributed by atoms with van der Waals surface area (Å²) in [5, 5.41) is 0. The summed E-state index contributed by atoms with van der Waals surface area (Å²) >= 11 is 0. The fraction of sp³-hybridized carbons (Fsp3) is 0.238. The quantitative estimate of drug-likeness (QED) is 0.726. The van der Waals surface area contributed by atoms with E-state index in [4.69, 9.17) is 10.2 Å². The van der Waals surface area contributed by atoms with Crippen molar-refractivity contribution in [2.45, 2.75) is 19.3 Å².